The second-order valence-corrected chi connectivity index (χ2v) is 4.29. The van der Waals surface area contributed by atoms with Crippen LogP contribution in [0.2, 0.25) is 0 Å². The predicted molar refractivity (Wildman–Crippen MR) is 78.5 cm³/mol. The minimum absolute atomic E-state index is 0.0639. The Labute approximate surface area is 123 Å². The molecule has 0 aliphatic carbocycles. The summed E-state index contributed by atoms with van der Waals surface area (Å²) in [6.45, 7) is 3.15. The van der Waals surface area contributed by atoms with Gasteiger partial charge in [0.1, 0.15) is 6.61 Å². The highest BCUT2D eigenvalue weighted by Crippen LogP contribution is 2.28. The Kier molecular flexibility index (Phi) is 4.99. The molecule has 0 N–H and O–H groups in total. The van der Waals surface area contributed by atoms with Crippen LogP contribution in [0, 0.1) is 11.3 Å². The number of aromatic nitrogens is 1. The molecule has 0 saturated heterocycles. The van der Waals surface area contributed by atoms with Crippen LogP contribution in [-0.2, 0) is 6.54 Å². The molecule has 1 aromatic carbocycles. The number of ether oxygens (including phenoxy) is 2. The van der Waals surface area contributed by atoms with Crippen LogP contribution in [0.5, 0.6) is 11.5 Å². The second kappa shape index (κ2) is 7.15. The molecule has 0 saturated carbocycles. The van der Waals surface area contributed by atoms with E-state index in [1.54, 1.807) is 41.1 Å². The SMILES string of the molecule is CCOc1cc(C#N)ccc1OCCn1ccccc1=O. The first kappa shape index (κ1) is 14.7. The van der Waals surface area contributed by atoms with Gasteiger partial charge in [0, 0.05) is 18.3 Å². The molecule has 1 heterocycles. The number of hydrogen-bond acceptors (Lipinski definition) is 4. The van der Waals surface area contributed by atoms with Crippen molar-refractivity contribution >= 4 is 0 Å². The van der Waals surface area contributed by atoms with E-state index in [9.17, 15) is 4.79 Å². The van der Waals surface area contributed by atoms with Crippen LogP contribution in [0.3, 0.4) is 0 Å². The average Bonchev–Trinajstić information content (AvgIpc) is 2.51. The van der Waals surface area contributed by atoms with E-state index in [2.05, 4.69) is 6.07 Å². The summed E-state index contributed by atoms with van der Waals surface area (Å²) in [7, 11) is 0. The van der Waals surface area contributed by atoms with Crippen LogP contribution in [0.4, 0.5) is 0 Å². The smallest absolute Gasteiger partial charge is 0.250 e. The van der Waals surface area contributed by atoms with Crippen LogP contribution in [-0.4, -0.2) is 17.8 Å². The van der Waals surface area contributed by atoms with Gasteiger partial charge in [-0.3, -0.25) is 4.79 Å². The molecule has 0 fully saturated rings. The molecule has 1 aromatic heterocycles. The first-order chi connectivity index (χ1) is 10.2. The van der Waals surface area contributed by atoms with E-state index in [1.807, 2.05) is 6.92 Å². The van der Waals surface area contributed by atoms with Gasteiger partial charge in [-0.25, -0.2) is 0 Å². The summed E-state index contributed by atoms with van der Waals surface area (Å²) in [4.78, 5) is 11.6. The first-order valence-corrected chi connectivity index (χ1v) is 6.70. The summed E-state index contributed by atoms with van der Waals surface area (Å²) in [5, 5.41) is 8.89. The van der Waals surface area contributed by atoms with Gasteiger partial charge in [-0.2, -0.15) is 5.26 Å². The van der Waals surface area contributed by atoms with Crippen molar-refractivity contribution in [3.8, 4) is 17.6 Å². The van der Waals surface area contributed by atoms with E-state index < -0.39 is 0 Å². The summed E-state index contributed by atoms with van der Waals surface area (Å²) in [5.74, 6) is 1.11. The van der Waals surface area contributed by atoms with Crippen LogP contribution < -0.4 is 15.0 Å². The van der Waals surface area contributed by atoms with Crippen molar-refractivity contribution in [2.75, 3.05) is 13.2 Å². The van der Waals surface area contributed by atoms with E-state index in [1.165, 1.54) is 6.07 Å². The van der Waals surface area contributed by atoms with Gasteiger partial charge in [0.15, 0.2) is 11.5 Å². The van der Waals surface area contributed by atoms with Gasteiger partial charge >= 0.3 is 0 Å². The standard InChI is InChI=1S/C16H16N2O3/c1-2-20-15-11-13(12-17)6-7-14(15)21-10-9-18-8-4-3-5-16(18)19/h3-8,11H,2,9-10H2,1H3. The number of hydrogen-bond donors (Lipinski definition) is 0. The molecule has 0 bridgehead atoms. The fourth-order valence-electron chi connectivity index (χ4n) is 1.86. The minimum atomic E-state index is -0.0639. The summed E-state index contributed by atoms with van der Waals surface area (Å²) < 4.78 is 12.7. The van der Waals surface area contributed by atoms with Crippen molar-refractivity contribution in [3.05, 3.63) is 58.5 Å². The molecule has 21 heavy (non-hydrogen) atoms. The number of nitrogens with zero attached hydrogens (tertiary/aromatic N) is 2. The maximum Gasteiger partial charge on any atom is 0.250 e. The fourth-order valence-corrected chi connectivity index (χ4v) is 1.86. The maximum absolute atomic E-state index is 11.6. The minimum Gasteiger partial charge on any atom is -0.490 e. The highest BCUT2D eigenvalue weighted by atomic mass is 16.5. The number of nitriles is 1. The zero-order valence-electron chi connectivity index (χ0n) is 11.8. The lowest BCUT2D eigenvalue weighted by Gasteiger charge is -2.12. The van der Waals surface area contributed by atoms with Crippen LogP contribution in [0.15, 0.2) is 47.4 Å². The molecule has 0 aliphatic rings. The van der Waals surface area contributed by atoms with Crippen molar-refractivity contribution in [3.63, 3.8) is 0 Å². The highest BCUT2D eigenvalue weighted by molar-refractivity contribution is 5.46. The molecular weight excluding hydrogens is 268 g/mol. The second-order valence-electron chi connectivity index (χ2n) is 4.29. The number of pyridine rings is 1. The van der Waals surface area contributed by atoms with Crippen molar-refractivity contribution < 1.29 is 9.47 Å². The molecule has 5 nitrogen and oxygen atoms in total. The summed E-state index contributed by atoms with van der Waals surface area (Å²) in [6, 6.07) is 12.1. The zero-order chi connectivity index (χ0) is 15.1. The molecule has 0 aliphatic heterocycles. The van der Waals surface area contributed by atoms with Crippen molar-refractivity contribution in [1.29, 1.82) is 5.26 Å². The Morgan fingerprint density at radius 3 is 2.76 bits per heavy atom. The lowest BCUT2D eigenvalue weighted by molar-refractivity contribution is 0.265. The zero-order valence-corrected chi connectivity index (χ0v) is 11.8. The normalized spacial score (nSPS) is 9.90. The van der Waals surface area contributed by atoms with Gasteiger partial charge in [-0.05, 0) is 25.1 Å². The molecule has 2 aromatic rings. The van der Waals surface area contributed by atoms with Crippen molar-refractivity contribution in [2.24, 2.45) is 0 Å². The molecule has 0 amide bonds. The third kappa shape index (κ3) is 3.86. The van der Waals surface area contributed by atoms with Gasteiger partial charge in [-0.15, -0.1) is 0 Å². The summed E-state index contributed by atoms with van der Waals surface area (Å²) in [6.07, 6.45) is 1.72. The Hall–Kier alpha value is -2.74. The lowest BCUT2D eigenvalue weighted by atomic mass is 10.2. The van der Waals surface area contributed by atoms with Crippen molar-refractivity contribution in [2.45, 2.75) is 13.5 Å². The molecule has 0 radical (unpaired) electrons. The van der Waals surface area contributed by atoms with Gasteiger partial charge in [-0.1, -0.05) is 6.07 Å². The largest absolute Gasteiger partial charge is 0.490 e. The summed E-state index contributed by atoms with van der Waals surface area (Å²) >= 11 is 0. The van der Waals surface area contributed by atoms with Crippen molar-refractivity contribution in [1.82, 2.24) is 4.57 Å². The first-order valence-electron chi connectivity index (χ1n) is 6.70. The highest BCUT2D eigenvalue weighted by Gasteiger charge is 2.06. The maximum atomic E-state index is 11.6. The Morgan fingerprint density at radius 1 is 1.19 bits per heavy atom. The van der Waals surface area contributed by atoms with E-state index in [-0.39, 0.29) is 5.56 Å². The fraction of sp³-hybridized carbons (Fsp3) is 0.250. The molecular formula is C16H16N2O3. The molecule has 0 spiro atoms. The Balaban J connectivity index is 2.04. The lowest BCUT2D eigenvalue weighted by Crippen LogP contribution is -2.21. The molecule has 5 heteroatoms. The third-order valence-electron chi connectivity index (χ3n) is 2.86. The van der Waals surface area contributed by atoms with Gasteiger partial charge in [0.05, 0.1) is 24.8 Å². The van der Waals surface area contributed by atoms with Gasteiger partial charge < -0.3 is 14.0 Å². The molecule has 0 unspecified atom stereocenters. The van der Waals surface area contributed by atoms with Crippen LogP contribution >= 0.6 is 0 Å². The third-order valence-corrected chi connectivity index (χ3v) is 2.86. The van der Waals surface area contributed by atoms with Gasteiger partial charge in [0.25, 0.3) is 5.56 Å². The number of benzene rings is 1. The van der Waals surface area contributed by atoms with E-state index >= 15 is 0 Å². The monoisotopic (exact) mass is 284 g/mol. The molecule has 108 valence electrons. The van der Waals surface area contributed by atoms with Crippen LogP contribution in [0.25, 0.3) is 0 Å². The summed E-state index contributed by atoms with van der Waals surface area (Å²) in [5.41, 5.74) is 0.455. The molecule has 2 rings (SSSR count). The van der Waals surface area contributed by atoms with E-state index in [0.29, 0.717) is 36.8 Å². The molecule has 0 atom stereocenters. The number of rotatable bonds is 6. The quantitative estimate of drug-likeness (QED) is 0.815. The van der Waals surface area contributed by atoms with E-state index in [0.717, 1.165) is 0 Å². The van der Waals surface area contributed by atoms with E-state index in [4.69, 9.17) is 14.7 Å². The van der Waals surface area contributed by atoms with Crippen LogP contribution in [0.1, 0.15) is 12.5 Å². The Bertz CT molecular complexity index is 701. The Morgan fingerprint density at radius 2 is 2.05 bits per heavy atom. The average molecular weight is 284 g/mol. The topological polar surface area (TPSA) is 64.2 Å². The van der Waals surface area contributed by atoms with Gasteiger partial charge in [0.2, 0.25) is 0 Å². The predicted octanol–water partition coefficient (Wildman–Crippen LogP) is 2.20.